The van der Waals surface area contributed by atoms with Crippen molar-refractivity contribution < 1.29 is 8.42 Å². The molecule has 1 aromatic heterocycles. The maximum Gasteiger partial charge on any atom is 0.265 e. The maximum absolute atomic E-state index is 11.2. The summed E-state index contributed by atoms with van der Waals surface area (Å²) in [7, 11) is -3.23. The predicted molar refractivity (Wildman–Crippen MR) is 55.8 cm³/mol. The first-order valence-corrected chi connectivity index (χ1v) is 6.50. The number of aromatic amines is 1. The zero-order chi connectivity index (χ0) is 10.9. The van der Waals surface area contributed by atoms with Crippen LogP contribution in [0.3, 0.4) is 0 Å². The summed E-state index contributed by atoms with van der Waals surface area (Å²) in [6.45, 7) is 1.47. The summed E-state index contributed by atoms with van der Waals surface area (Å²) in [5.74, 6) is 0.153. The van der Waals surface area contributed by atoms with Crippen LogP contribution in [0.2, 0.25) is 0 Å². The molecule has 0 bridgehead atoms. The molecule has 78 valence electrons. The average molecular weight is 281 g/mol. The highest BCUT2D eigenvalue weighted by Crippen LogP contribution is 2.15. The first-order chi connectivity index (χ1) is 6.32. The van der Waals surface area contributed by atoms with Gasteiger partial charge in [-0.3, -0.25) is 4.79 Å². The van der Waals surface area contributed by atoms with Crippen LogP contribution >= 0.6 is 15.9 Å². The standard InChI is InChI=1S/C7H9BrN2O3S/c1-4(14(2,12)13)6-9-3-5(8)7(11)10-6/h3-4H,1-2H3,(H,9,10,11). The Morgan fingerprint density at radius 2 is 2.14 bits per heavy atom. The van der Waals surface area contributed by atoms with Gasteiger partial charge in [-0.15, -0.1) is 0 Å². The molecule has 0 spiro atoms. The quantitative estimate of drug-likeness (QED) is 0.862. The van der Waals surface area contributed by atoms with Gasteiger partial charge in [-0.2, -0.15) is 0 Å². The lowest BCUT2D eigenvalue weighted by atomic mass is 10.4. The number of hydrogen-bond acceptors (Lipinski definition) is 4. The van der Waals surface area contributed by atoms with E-state index in [4.69, 9.17) is 0 Å². The van der Waals surface area contributed by atoms with Crippen molar-refractivity contribution in [1.29, 1.82) is 0 Å². The molecule has 1 aromatic rings. The zero-order valence-electron chi connectivity index (χ0n) is 7.61. The van der Waals surface area contributed by atoms with Crippen LogP contribution < -0.4 is 5.56 Å². The smallest absolute Gasteiger partial charge is 0.265 e. The maximum atomic E-state index is 11.2. The molecule has 7 heteroatoms. The second-order valence-corrected chi connectivity index (χ2v) is 6.14. The van der Waals surface area contributed by atoms with E-state index in [-0.39, 0.29) is 15.9 Å². The average Bonchev–Trinajstić information content (AvgIpc) is 2.07. The van der Waals surface area contributed by atoms with Gasteiger partial charge in [0, 0.05) is 12.5 Å². The van der Waals surface area contributed by atoms with Crippen molar-refractivity contribution in [3.05, 3.63) is 26.8 Å². The Labute approximate surface area is 89.6 Å². The van der Waals surface area contributed by atoms with E-state index in [1.165, 1.54) is 13.1 Å². The fourth-order valence-corrected chi connectivity index (χ4v) is 1.53. The SMILES string of the molecule is CC(c1ncc(Br)c(=O)[nH]1)S(C)(=O)=O. The molecule has 1 unspecified atom stereocenters. The second-order valence-electron chi connectivity index (χ2n) is 2.92. The highest BCUT2D eigenvalue weighted by atomic mass is 79.9. The van der Waals surface area contributed by atoms with Gasteiger partial charge in [0.15, 0.2) is 9.84 Å². The van der Waals surface area contributed by atoms with E-state index in [0.29, 0.717) is 0 Å². The molecule has 1 N–H and O–H groups in total. The van der Waals surface area contributed by atoms with Gasteiger partial charge in [0.2, 0.25) is 0 Å². The molecule has 14 heavy (non-hydrogen) atoms. The van der Waals surface area contributed by atoms with E-state index in [2.05, 4.69) is 25.9 Å². The van der Waals surface area contributed by atoms with Crippen molar-refractivity contribution in [3.8, 4) is 0 Å². The van der Waals surface area contributed by atoms with Gasteiger partial charge in [-0.1, -0.05) is 0 Å². The van der Waals surface area contributed by atoms with Gasteiger partial charge >= 0.3 is 0 Å². The summed E-state index contributed by atoms with van der Waals surface area (Å²) in [5.41, 5.74) is -0.384. The molecular weight excluding hydrogens is 272 g/mol. The number of nitrogens with one attached hydrogen (secondary N) is 1. The summed E-state index contributed by atoms with van der Waals surface area (Å²) < 4.78 is 22.6. The number of H-pyrrole nitrogens is 1. The van der Waals surface area contributed by atoms with E-state index in [9.17, 15) is 13.2 Å². The molecule has 0 aromatic carbocycles. The fourth-order valence-electron chi connectivity index (χ4n) is 0.803. The topological polar surface area (TPSA) is 79.9 Å². The Hall–Kier alpha value is -0.690. The molecule has 0 fully saturated rings. The summed E-state index contributed by atoms with van der Waals surface area (Å²) in [5, 5.41) is -0.803. The van der Waals surface area contributed by atoms with Gasteiger partial charge < -0.3 is 4.98 Å². The molecule has 0 saturated heterocycles. The molecule has 0 aliphatic heterocycles. The fraction of sp³-hybridized carbons (Fsp3) is 0.429. The van der Waals surface area contributed by atoms with Crippen molar-refractivity contribution in [1.82, 2.24) is 9.97 Å². The molecule has 0 saturated carbocycles. The highest BCUT2D eigenvalue weighted by molar-refractivity contribution is 9.10. The first-order valence-electron chi connectivity index (χ1n) is 3.76. The van der Waals surface area contributed by atoms with Gasteiger partial charge in [0.25, 0.3) is 5.56 Å². The van der Waals surface area contributed by atoms with E-state index < -0.39 is 15.1 Å². The van der Waals surface area contributed by atoms with Crippen LogP contribution in [0.25, 0.3) is 0 Å². The van der Waals surface area contributed by atoms with Crippen molar-refractivity contribution in [2.75, 3.05) is 6.26 Å². The van der Waals surface area contributed by atoms with E-state index >= 15 is 0 Å². The van der Waals surface area contributed by atoms with Crippen LogP contribution in [0.15, 0.2) is 15.5 Å². The lowest BCUT2D eigenvalue weighted by Crippen LogP contribution is -2.17. The Bertz CT molecular complexity index is 494. The predicted octanol–water partition coefficient (Wildman–Crippen LogP) is 0.638. The molecule has 1 heterocycles. The number of halogens is 1. The van der Waals surface area contributed by atoms with Crippen LogP contribution in [0.1, 0.15) is 18.0 Å². The summed E-state index contributed by atoms with van der Waals surface area (Å²) in [6, 6.07) is 0. The summed E-state index contributed by atoms with van der Waals surface area (Å²) >= 11 is 2.97. The van der Waals surface area contributed by atoms with Gasteiger partial charge in [-0.25, -0.2) is 13.4 Å². The number of rotatable bonds is 2. The zero-order valence-corrected chi connectivity index (χ0v) is 10.0. The summed E-state index contributed by atoms with van der Waals surface area (Å²) in [4.78, 5) is 17.3. The Morgan fingerprint density at radius 1 is 1.57 bits per heavy atom. The normalized spacial score (nSPS) is 13.9. The Morgan fingerprint density at radius 3 is 2.57 bits per heavy atom. The molecule has 1 rings (SSSR count). The minimum atomic E-state index is -3.23. The monoisotopic (exact) mass is 280 g/mol. The third kappa shape index (κ3) is 2.42. The minimum Gasteiger partial charge on any atom is -0.308 e. The molecule has 5 nitrogen and oxygen atoms in total. The van der Waals surface area contributed by atoms with E-state index in [1.54, 1.807) is 0 Å². The van der Waals surface area contributed by atoms with Crippen LogP contribution in [-0.4, -0.2) is 24.6 Å². The van der Waals surface area contributed by atoms with Gasteiger partial charge in [0.05, 0.1) is 0 Å². The third-order valence-electron chi connectivity index (χ3n) is 1.80. The van der Waals surface area contributed by atoms with Crippen molar-refractivity contribution in [3.63, 3.8) is 0 Å². The number of hydrogen-bond donors (Lipinski definition) is 1. The van der Waals surface area contributed by atoms with Crippen LogP contribution in [0, 0.1) is 0 Å². The van der Waals surface area contributed by atoms with E-state index in [0.717, 1.165) is 6.26 Å². The third-order valence-corrected chi connectivity index (χ3v) is 3.88. The lowest BCUT2D eigenvalue weighted by molar-refractivity contribution is 0.589. The lowest BCUT2D eigenvalue weighted by Gasteiger charge is -2.07. The second kappa shape index (κ2) is 3.82. The number of aromatic nitrogens is 2. The Kier molecular flexibility index (Phi) is 3.10. The molecule has 1 atom stereocenters. The molecule has 0 radical (unpaired) electrons. The first kappa shape index (κ1) is 11.4. The van der Waals surface area contributed by atoms with Crippen LogP contribution in [-0.2, 0) is 9.84 Å². The van der Waals surface area contributed by atoms with Crippen molar-refractivity contribution in [2.24, 2.45) is 0 Å². The molecular formula is C7H9BrN2O3S. The van der Waals surface area contributed by atoms with Crippen LogP contribution in [0.4, 0.5) is 0 Å². The van der Waals surface area contributed by atoms with Crippen molar-refractivity contribution in [2.45, 2.75) is 12.2 Å². The minimum absolute atomic E-state index is 0.153. The van der Waals surface area contributed by atoms with Crippen molar-refractivity contribution >= 4 is 25.8 Å². The highest BCUT2D eigenvalue weighted by Gasteiger charge is 2.19. The van der Waals surface area contributed by atoms with E-state index in [1.807, 2.05) is 0 Å². The number of nitrogens with zero attached hydrogens (tertiary/aromatic N) is 1. The Balaban J connectivity index is 3.23. The number of sulfone groups is 1. The van der Waals surface area contributed by atoms with Gasteiger partial charge in [0.1, 0.15) is 15.5 Å². The summed E-state index contributed by atoms with van der Waals surface area (Å²) in [6.07, 6.45) is 2.38. The molecule has 0 amide bonds. The molecule has 0 aliphatic rings. The largest absolute Gasteiger partial charge is 0.308 e. The molecule has 0 aliphatic carbocycles. The van der Waals surface area contributed by atoms with Gasteiger partial charge in [-0.05, 0) is 22.9 Å². The van der Waals surface area contributed by atoms with Crippen LogP contribution in [0.5, 0.6) is 0 Å².